The first kappa shape index (κ1) is 19.0. The molecule has 3 aliphatic carbocycles. The maximum atomic E-state index is 12.2. The first-order chi connectivity index (χ1) is 12.9. The van der Waals surface area contributed by atoms with Crippen molar-refractivity contribution >= 4 is 5.78 Å². The quantitative estimate of drug-likeness (QED) is 0.768. The monoisotopic (exact) mass is 370 g/mol. The summed E-state index contributed by atoms with van der Waals surface area (Å²) < 4.78 is 0. The fourth-order valence-corrected chi connectivity index (χ4v) is 6.88. The Morgan fingerprint density at radius 2 is 2.04 bits per heavy atom. The van der Waals surface area contributed by atoms with Crippen LogP contribution >= 0.6 is 0 Å². The van der Waals surface area contributed by atoms with E-state index in [1.165, 1.54) is 11.1 Å². The van der Waals surface area contributed by atoms with Crippen molar-refractivity contribution in [2.75, 3.05) is 0 Å². The van der Waals surface area contributed by atoms with Gasteiger partial charge in [0.2, 0.25) is 0 Å². The lowest BCUT2D eigenvalue weighted by Gasteiger charge is -2.54. The molecule has 0 aliphatic heterocycles. The van der Waals surface area contributed by atoms with E-state index >= 15 is 0 Å². The molecule has 148 valence electrons. The Morgan fingerprint density at radius 1 is 1.22 bits per heavy atom. The molecule has 0 aromatic heterocycles. The molecule has 0 saturated heterocycles. The molecule has 6 atom stereocenters. The molecular formula is C24H34O3. The lowest BCUT2D eigenvalue weighted by molar-refractivity contribution is -0.120. The third kappa shape index (κ3) is 3.22. The number of fused-ring (bicyclic) bond motifs is 5. The first-order valence-corrected chi connectivity index (χ1v) is 11.0. The van der Waals surface area contributed by atoms with Crippen molar-refractivity contribution in [3.63, 3.8) is 0 Å². The molecule has 2 saturated carbocycles. The summed E-state index contributed by atoms with van der Waals surface area (Å²) in [6, 6.07) is 5.91. The number of ketones is 1. The topological polar surface area (TPSA) is 57.5 Å². The molecule has 1 aromatic rings. The Balaban J connectivity index is 1.66. The van der Waals surface area contributed by atoms with E-state index in [0.717, 1.165) is 44.9 Å². The van der Waals surface area contributed by atoms with Crippen molar-refractivity contribution in [2.24, 2.45) is 23.2 Å². The Morgan fingerprint density at radius 3 is 2.81 bits per heavy atom. The van der Waals surface area contributed by atoms with Crippen LogP contribution in [0.15, 0.2) is 18.2 Å². The number of aryl methyl sites for hydroxylation is 1. The third-order valence-electron chi connectivity index (χ3n) is 8.10. The zero-order chi connectivity index (χ0) is 19.2. The molecular weight excluding hydrogens is 336 g/mol. The van der Waals surface area contributed by atoms with Gasteiger partial charge in [-0.15, -0.1) is 0 Å². The van der Waals surface area contributed by atoms with Gasteiger partial charge in [-0.1, -0.05) is 19.9 Å². The Kier molecular flexibility index (Phi) is 5.09. The predicted octanol–water partition coefficient (Wildman–Crippen LogP) is 4.98. The standard InChI is InChI=1S/C24H34O3/c1-3-4-17(25)7-5-16-14-24(2)21(11-12-22(24)27)20-9-6-15-13-18(26)8-10-19(15)23(16)20/h8,10,13,16,20-23,26-27H,3-7,9,11-12,14H2,1-2H3/t16-,20?,21?,22?,23?,24?/m0/s1. The van der Waals surface area contributed by atoms with Crippen LogP contribution in [0.25, 0.3) is 0 Å². The number of carbonyl (C=O) groups excluding carboxylic acids is 1. The number of Topliss-reactive ketones (excluding diaryl/α,β-unsaturated/α-hetero) is 1. The van der Waals surface area contributed by atoms with E-state index in [1.807, 2.05) is 12.1 Å². The Labute approximate surface area is 163 Å². The molecule has 0 radical (unpaired) electrons. The van der Waals surface area contributed by atoms with Crippen molar-refractivity contribution in [3.8, 4) is 5.75 Å². The van der Waals surface area contributed by atoms with E-state index in [2.05, 4.69) is 19.9 Å². The van der Waals surface area contributed by atoms with Gasteiger partial charge in [-0.05, 0) is 97.3 Å². The first-order valence-electron chi connectivity index (χ1n) is 11.0. The fraction of sp³-hybridized carbons (Fsp3) is 0.708. The van der Waals surface area contributed by atoms with Gasteiger partial charge in [0.1, 0.15) is 11.5 Å². The number of carbonyl (C=O) groups is 1. The van der Waals surface area contributed by atoms with E-state index in [-0.39, 0.29) is 11.5 Å². The minimum absolute atomic E-state index is 0.00800. The van der Waals surface area contributed by atoms with Gasteiger partial charge in [0.05, 0.1) is 6.10 Å². The van der Waals surface area contributed by atoms with E-state index in [9.17, 15) is 15.0 Å². The summed E-state index contributed by atoms with van der Waals surface area (Å²) in [5, 5.41) is 20.7. The van der Waals surface area contributed by atoms with Gasteiger partial charge in [-0.25, -0.2) is 0 Å². The molecule has 2 fully saturated rings. The summed E-state index contributed by atoms with van der Waals surface area (Å²) in [5.41, 5.74) is 2.71. The summed E-state index contributed by atoms with van der Waals surface area (Å²) in [6.07, 6.45) is 8.29. The van der Waals surface area contributed by atoms with Gasteiger partial charge in [0, 0.05) is 12.8 Å². The lowest BCUT2D eigenvalue weighted by Crippen LogP contribution is -2.48. The molecule has 27 heavy (non-hydrogen) atoms. The third-order valence-corrected chi connectivity index (χ3v) is 8.10. The summed E-state index contributed by atoms with van der Waals surface area (Å²) in [5.74, 6) is 2.86. The van der Waals surface area contributed by atoms with Gasteiger partial charge in [0.15, 0.2) is 0 Å². The highest BCUT2D eigenvalue weighted by molar-refractivity contribution is 5.78. The van der Waals surface area contributed by atoms with Crippen molar-refractivity contribution < 1.29 is 15.0 Å². The second-order valence-electron chi connectivity index (χ2n) is 9.61. The predicted molar refractivity (Wildman–Crippen MR) is 107 cm³/mol. The van der Waals surface area contributed by atoms with Crippen LogP contribution < -0.4 is 0 Å². The van der Waals surface area contributed by atoms with E-state index in [4.69, 9.17) is 0 Å². The van der Waals surface area contributed by atoms with Gasteiger partial charge in [0.25, 0.3) is 0 Å². The summed E-state index contributed by atoms with van der Waals surface area (Å²) in [4.78, 5) is 12.2. The number of aromatic hydroxyl groups is 1. The molecule has 3 heteroatoms. The highest BCUT2D eigenvalue weighted by Gasteiger charge is 2.57. The van der Waals surface area contributed by atoms with Crippen molar-refractivity contribution in [2.45, 2.75) is 83.7 Å². The van der Waals surface area contributed by atoms with Crippen LogP contribution in [0.5, 0.6) is 5.75 Å². The lowest BCUT2D eigenvalue weighted by atomic mass is 9.51. The van der Waals surface area contributed by atoms with Gasteiger partial charge >= 0.3 is 0 Å². The fourth-order valence-electron chi connectivity index (χ4n) is 6.88. The number of aliphatic hydroxyl groups is 1. The maximum Gasteiger partial charge on any atom is 0.132 e. The normalized spacial score (nSPS) is 37.4. The molecule has 0 amide bonds. The zero-order valence-electron chi connectivity index (χ0n) is 16.8. The Bertz CT molecular complexity index is 712. The second kappa shape index (κ2) is 7.24. The van der Waals surface area contributed by atoms with Crippen LogP contribution in [0, 0.1) is 23.2 Å². The van der Waals surface area contributed by atoms with Crippen LogP contribution in [-0.4, -0.2) is 22.1 Å². The Hall–Kier alpha value is -1.35. The van der Waals surface area contributed by atoms with Crippen LogP contribution in [0.1, 0.15) is 82.3 Å². The van der Waals surface area contributed by atoms with Crippen LogP contribution in [-0.2, 0) is 11.2 Å². The van der Waals surface area contributed by atoms with Crippen molar-refractivity contribution in [1.29, 1.82) is 0 Å². The number of benzene rings is 1. The van der Waals surface area contributed by atoms with E-state index in [1.54, 1.807) is 0 Å². The average Bonchev–Trinajstić information content (AvgIpc) is 2.94. The highest BCUT2D eigenvalue weighted by atomic mass is 16.3. The SMILES string of the molecule is CCCC(=O)CC[C@H]1CC2(C)C(O)CCC2C2CCc3cc(O)ccc3C21. The van der Waals surface area contributed by atoms with Crippen molar-refractivity contribution in [1.82, 2.24) is 0 Å². The molecule has 2 N–H and O–H groups in total. The molecule has 3 aliphatic rings. The molecule has 0 spiro atoms. The number of aliphatic hydroxyl groups excluding tert-OH is 1. The number of hydrogen-bond donors (Lipinski definition) is 2. The summed E-state index contributed by atoms with van der Waals surface area (Å²) >= 11 is 0. The molecule has 5 unspecified atom stereocenters. The zero-order valence-corrected chi connectivity index (χ0v) is 16.8. The number of phenolic OH excluding ortho intramolecular Hbond substituents is 1. The largest absolute Gasteiger partial charge is 0.508 e. The average molecular weight is 371 g/mol. The maximum absolute atomic E-state index is 12.2. The van der Waals surface area contributed by atoms with E-state index in [0.29, 0.717) is 48.0 Å². The van der Waals surface area contributed by atoms with Crippen LogP contribution in [0.2, 0.25) is 0 Å². The van der Waals surface area contributed by atoms with Gasteiger partial charge < -0.3 is 10.2 Å². The molecule has 4 rings (SSSR count). The van der Waals surface area contributed by atoms with Crippen LogP contribution in [0.3, 0.4) is 0 Å². The minimum atomic E-state index is -0.196. The highest BCUT2D eigenvalue weighted by Crippen LogP contribution is 2.63. The summed E-state index contributed by atoms with van der Waals surface area (Å²) in [7, 11) is 0. The minimum Gasteiger partial charge on any atom is -0.508 e. The van der Waals surface area contributed by atoms with Gasteiger partial charge in [-0.3, -0.25) is 4.79 Å². The molecule has 0 bridgehead atoms. The van der Waals surface area contributed by atoms with Crippen molar-refractivity contribution in [3.05, 3.63) is 29.3 Å². The molecule has 3 nitrogen and oxygen atoms in total. The molecule has 0 heterocycles. The second-order valence-corrected chi connectivity index (χ2v) is 9.61. The smallest absolute Gasteiger partial charge is 0.132 e. The molecule has 1 aromatic carbocycles. The summed E-state index contributed by atoms with van der Waals surface area (Å²) in [6.45, 7) is 4.37. The van der Waals surface area contributed by atoms with Gasteiger partial charge in [-0.2, -0.15) is 0 Å². The van der Waals surface area contributed by atoms with E-state index < -0.39 is 0 Å². The number of hydrogen-bond acceptors (Lipinski definition) is 3. The number of rotatable bonds is 5. The van der Waals surface area contributed by atoms with Crippen LogP contribution in [0.4, 0.5) is 0 Å². The number of phenols is 1.